The van der Waals surface area contributed by atoms with E-state index in [1.54, 1.807) is 6.92 Å². The van der Waals surface area contributed by atoms with Gasteiger partial charge in [0, 0.05) is 5.75 Å². The molecule has 0 heterocycles. The zero-order chi connectivity index (χ0) is 15.1. The van der Waals surface area contributed by atoms with E-state index in [1.807, 2.05) is 0 Å². The van der Waals surface area contributed by atoms with E-state index in [0.29, 0.717) is 6.42 Å². The lowest BCUT2D eigenvalue weighted by Crippen LogP contribution is -2.22. The Morgan fingerprint density at radius 1 is 1.16 bits per heavy atom. The maximum atomic E-state index is 10.6. The normalized spacial score (nSPS) is 16.2. The van der Waals surface area contributed by atoms with Gasteiger partial charge in [-0.3, -0.25) is 0 Å². The monoisotopic (exact) mass is 354 g/mol. The molecule has 0 saturated carbocycles. The Kier molecular flexibility index (Phi) is 8.87. The van der Waals surface area contributed by atoms with Gasteiger partial charge in [-0.25, -0.2) is 16.8 Å². The van der Waals surface area contributed by atoms with Crippen LogP contribution < -0.4 is 0 Å². The van der Waals surface area contributed by atoms with E-state index in [2.05, 4.69) is 0 Å². The van der Waals surface area contributed by atoms with E-state index in [1.165, 1.54) is 0 Å². The average molecular weight is 354 g/mol. The van der Waals surface area contributed by atoms with Crippen molar-refractivity contribution < 1.29 is 35.8 Å². The third kappa shape index (κ3) is 13.2. The summed E-state index contributed by atoms with van der Waals surface area (Å²) in [6, 6.07) is 0. The van der Waals surface area contributed by atoms with Crippen LogP contribution in [-0.2, 0) is 23.0 Å². The second-order valence-electron chi connectivity index (χ2n) is 3.42. The summed E-state index contributed by atoms with van der Waals surface area (Å²) in [6.07, 6.45) is -0.299. The van der Waals surface area contributed by atoms with E-state index in [9.17, 15) is 31.0 Å². The topological polar surface area (TPSA) is 144 Å². The highest BCUT2D eigenvalue weighted by atomic mass is 33.2. The molecule has 0 fully saturated rings. The van der Waals surface area contributed by atoms with Crippen molar-refractivity contribution in [1.29, 1.82) is 0 Å². The summed E-state index contributed by atoms with van der Waals surface area (Å²) >= 11 is 0. The number of rotatable bonds is 10. The van der Waals surface area contributed by atoms with Gasteiger partial charge in [-0.05, 0) is 28.0 Å². The minimum atomic E-state index is -4.63. The molecular weight excluding hydrogens is 340 g/mol. The number of aliphatic hydroxyl groups excluding tert-OH is 1. The molecule has 0 aliphatic rings. The Labute approximate surface area is 119 Å². The molecule has 0 bridgehead atoms. The largest absolute Gasteiger partial charge is 0.739 e. The minimum Gasteiger partial charge on any atom is -0.739 e. The Balaban J connectivity index is 4.34. The second kappa shape index (κ2) is 8.67. The van der Waals surface area contributed by atoms with Gasteiger partial charge in [-0.1, -0.05) is 6.92 Å². The summed E-state index contributed by atoms with van der Waals surface area (Å²) in [6.45, 7) is 1.38. The van der Waals surface area contributed by atoms with E-state index in [0.717, 1.165) is 0 Å². The second-order valence-corrected chi connectivity index (χ2v) is 10.2. The number of hydrogen-bond acceptors (Lipinski definition) is 10. The van der Waals surface area contributed by atoms with Gasteiger partial charge >= 0.3 is 0 Å². The lowest BCUT2D eigenvalue weighted by molar-refractivity contribution is 0.0371. The first kappa shape index (κ1) is 19.4. The predicted octanol–water partition coefficient (Wildman–Crippen LogP) is -0.471. The smallest absolute Gasteiger partial charge is 0.149 e. The van der Waals surface area contributed by atoms with Crippen molar-refractivity contribution in [3.8, 4) is 0 Å². The molecular formula is C7H14O8S4-2. The van der Waals surface area contributed by atoms with E-state index < -0.39 is 29.7 Å². The maximum absolute atomic E-state index is 10.6. The van der Waals surface area contributed by atoms with Crippen LogP contribution in [0.2, 0.25) is 0 Å². The molecule has 12 heteroatoms. The van der Waals surface area contributed by atoms with Crippen molar-refractivity contribution >= 4 is 39.9 Å². The SMILES string of the molecule is CCC(O)COCC(CSS(=O)(=O)[O-])SS(=O)(=O)[O-]. The van der Waals surface area contributed by atoms with E-state index in [-0.39, 0.29) is 40.6 Å². The van der Waals surface area contributed by atoms with Gasteiger partial charge < -0.3 is 18.9 Å². The Hall–Kier alpha value is 0.440. The van der Waals surface area contributed by atoms with Gasteiger partial charge in [0.1, 0.15) is 18.3 Å². The zero-order valence-electron chi connectivity index (χ0n) is 9.92. The zero-order valence-corrected chi connectivity index (χ0v) is 13.2. The van der Waals surface area contributed by atoms with Gasteiger partial charge in [-0.15, -0.1) is 0 Å². The fourth-order valence-electron chi connectivity index (χ4n) is 0.883. The highest BCUT2D eigenvalue weighted by Crippen LogP contribution is 2.24. The van der Waals surface area contributed by atoms with Crippen molar-refractivity contribution in [2.75, 3.05) is 19.0 Å². The molecule has 0 aromatic heterocycles. The summed E-state index contributed by atoms with van der Waals surface area (Å²) in [4.78, 5) is 0. The highest BCUT2D eigenvalue weighted by molar-refractivity contribution is 8.71. The first-order chi connectivity index (χ1) is 8.53. The number of ether oxygens (including phenoxy) is 1. The first-order valence-electron chi connectivity index (χ1n) is 5.03. The van der Waals surface area contributed by atoms with Crippen molar-refractivity contribution in [2.45, 2.75) is 24.7 Å². The van der Waals surface area contributed by atoms with Crippen LogP contribution in [0.15, 0.2) is 0 Å². The maximum Gasteiger partial charge on any atom is 0.149 e. The van der Waals surface area contributed by atoms with Crippen LogP contribution in [-0.4, -0.2) is 61.4 Å². The Morgan fingerprint density at radius 3 is 2.16 bits per heavy atom. The molecule has 0 aromatic carbocycles. The van der Waals surface area contributed by atoms with Crippen LogP contribution >= 0.6 is 21.6 Å². The number of aliphatic hydroxyl groups is 1. The van der Waals surface area contributed by atoms with Crippen LogP contribution in [0.1, 0.15) is 13.3 Å². The third-order valence-electron chi connectivity index (χ3n) is 1.74. The fraction of sp³-hybridized carbons (Fsp3) is 1.00. The van der Waals surface area contributed by atoms with Gasteiger partial charge in [0.2, 0.25) is 0 Å². The van der Waals surface area contributed by atoms with Gasteiger partial charge in [0.15, 0.2) is 0 Å². The van der Waals surface area contributed by atoms with Crippen molar-refractivity contribution in [3.05, 3.63) is 0 Å². The van der Waals surface area contributed by atoms with E-state index in [4.69, 9.17) is 4.74 Å². The minimum absolute atomic E-state index is 0.00305. The highest BCUT2D eigenvalue weighted by Gasteiger charge is 2.16. The van der Waals surface area contributed by atoms with Gasteiger partial charge in [-0.2, -0.15) is 0 Å². The molecule has 0 rings (SSSR count). The third-order valence-corrected chi connectivity index (χ3v) is 6.38. The van der Waals surface area contributed by atoms with Gasteiger partial charge in [0.05, 0.1) is 24.6 Å². The molecule has 19 heavy (non-hydrogen) atoms. The van der Waals surface area contributed by atoms with Crippen LogP contribution in [0.4, 0.5) is 0 Å². The molecule has 0 saturated heterocycles. The molecule has 116 valence electrons. The summed E-state index contributed by atoms with van der Waals surface area (Å²) in [5.74, 6) is -0.389. The lowest BCUT2D eigenvalue weighted by atomic mass is 10.3. The average Bonchev–Trinajstić information content (AvgIpc) is 2.22. The first-order valence-corrected chi connectivity index (χ1v) is 10.7. The molecule has 1 N–H and O–H groups in total. The van der Waals surface area contributed by atoms with Gasteiger partial charge in [0.25, 0.3) is 0 Å². The van der Waals surface area contributed by atoms with Crippen LogP contribution in [0.25, 0.3) is 0 Å². The molecule has 0 aliphatic carbocycles. The molecule has 0 amide bonds. The van der Waals surface area contributed by atoms with Crippen LogP contribution in [0.3, 0.4) is 0 Å². The quantitative estimate of drug-likeness (QED) is 0.403. The molecule has 0 radical (unpaired) electrons. The predicted molar refractivity (Wildman–Crippen MR) is 70.3 cm³/mol. The molecule has 2 unspecified atom stereocenters. The lowest BCUT2D eigenvalue weighted by Gasteiger charge is -2.19. The summed E-state index contributed by atoms with van der Waals surface area (Å²) in [5, 5.41) is 8.20. The summed E-state index contributed by atoms with van der Waals surface area (Å²) < 4.78 is 68.0. The molecule has 0 spiro atoms. The number of hydrogen-bond donors (Lipinski definition) is 1. The van der Waals surface area contributed by atoms with Crippen molar-refractivity contribution in [3.63, 3.8) is 0 Å². The van der Waals surface area contributed by atoms with Crippen LogP contribution in [0, 0.1) is 0 Å². The molecule has 8 nitrogen and oxygen atoms in total. The van der Waals surface area contributed by atoms with Crippen molar-refractivity contribution in [1.82, 2.24) is 0 Å². The van der Waals surface area contributed by atoms with Crippen molar-refractivity contribution in [2.24, 2.45) is 0 Å². The van der Waals surface area contributed by atoms with Crippen LogP contribution in [0.5, 0.6) is 0 Å². The summed E-state index contributed by atoms with van der Waals surface area (Å²) in [7, 11) is -9.22. The Morgan fingerprint density at radius 2 is 1.74 bits per heavy atom. The standard InChI is InChI=1S/C7H16O8S4/c1-2-6(8)3-15-4-7(17-19(12,13)14)5-16-18(9,10)11/h6-8H,2-5H2,1H3,(H,9,10,11)(H,12,13,14)/p-2. The fourth-order valence-corrected chi connectivity index (χ4v) is 5.13. The summed E-state index contributed by atoms with van der Waals surface area (Å²) in [5.41, 5.74) is 0. The molecule has 0 aromatic rings. The molecule has 2 atom stereocenters. The van der Waals surface area contributed by atoms with E-state index >= 15 is 0 Å². The molecule has 0 aliphatic heterocycles. The Bertz CT molecular complexity index is 444.